The lowest BCUT2D eigenvalue weighted by Crippen LogP contribution is -2.56. The number of hydrogen-bond acceptors (Lipinski definition) is 14. The molecule has 0 bridgehead atoms. The molecule has 3 aromatic carbocycles. The van der Waals surface area contributed by atoms with Crippen molar-refractivity contribution in [2.45, 2.75) is 123 Å². The Morgan fingerprint density at radius 3 is 2.25 bits per heavy atom. The monoisotopic (exact) mass is 1110 g/mol. The summed E-state index contributed by atoms with van der Waals surface area (Å²) in [5.74, 6) is 1.32. The number of amides is 3. The Kier molecular flexibility index (Phi) is 21.6. The number of unbranched alkanes of at least 4 members (excludes halogenated alkanes) is 7. The van der Waals surface area contributed by atoms with Crippen molar-refractivity contribution in [2.24, 2.45) is 5.41 Å². The van der Waals surface area contributed by atoms with Crippen LogP contribution in [0.3, 0.4) is 0 Å². The molecule has 0 saturated carbocycles. The van der Waals surface area contributed by atoms with E-state index in [0.29, 0.717) is 81.3 Å². The number of aromatic nitrogens is 2. The number of aryl methyl sites for hydroxylation is 1. The van der Waals surface area contributed by atoms with Gasteiger partial charge in [0, 0.05) is 82.4 Å². The molecule has 2 aliphatic heterocycles. The fourth-order valence-corrected chi connectivity index (χ4v) is 11.4. The van der Waals surface area contributed by atoms with Gasteiger partial charge in [0.1, 0.15) is 17.9 Å². The Labute approximate surface area is 467 Å². The van der Waals surface area contributed by atoms with E-state index in [0.717, 1.165) is 112 Å². The van der Waals surface area contributed by atoms with E-state index in [9.17, 15) is 24.8 Å². The van der Waals surface area contributed by atoms with Crippen LogP contribution >= 0.6 is 34.5 Å². The van der Waals surface area contributed by atoms with E-state index in [-0.39, 0.29) is 30.7 Å². The molecule has 16 nitrogen and oxygen atoms in total. The minimum Gasteiger partial charge on any atom is -0.495 e. The minimum absolute atomic E-state index is 0.139. The number of carbonyl (C=O) groups excluding carboxylic acids is 3. The van der Waals surface area contributed by atoms with Gasteiger partial charge in [-0.15, -0.1) is 11.3 Å². The molecule has 4 N–H and O–H groups in total. The number of hydrogen-bond donors (Lipinski definition) is 4. The number of fused-ring (bicyclic) bond motifs is 1. The maximum atomic E-state index is 14.1. The number of β-amino-alcohol motifs (C(OH)–C–C–N with tert-alkyl or cyclic N) is 1. The second-order valence-corrected chi connectivity index (χ2v) is 22.8. The Morgan fingerprint density at radius 2 is 1.58 bits per heavy atom. The molecule has 2 aliphatic rings. The number of benzene rings is 3. The van der Waals surface area contributed by atoms with Gasteiger partial charge in [-0.1, -0.05) is 107 Å². The second kappa shape index (κ2) is 28.2. The van der Waals surface area contributed by atoms with Crippen LogP contribution < -0.4 is 30.2 Å². The summed E-state index contributed by atoms with van der Waals surface area (Å²) >= 11 is 14.4. The minimum atomic E-state index is -0.752. The van der Waals surface area contributed by atoms with Gasteiger partial charge < -0.3 is 45.1 Å². The summed E-state index contributed by atoms with van der Waals surface area (Å²) in [5.41, 5.74) is 6.44. The highest BCUT2D eigenvalue weighted by Gasteiger charge is 2.43. The molecule has 77 heavy (non-hydrogen) atoms. The van der Waals surface area contributed by atoms with Crippen LogP contribution in [0.15, 0.2) is 60.2 Å². The molecule has 19 heteroatoms. The van der Waals surface area contributed by atoms with Crippen molar-refractivity contribution >= 4 is 74.5 Å². The Balaban J connectivity index is 0.738. The van der Waals surface area contributed by atoms with Gasteiger partial charge in [-0.25, -0.2) is 4.98 Å². The van der Waals surface area contributed by atoms with E-state index in [2.05, 4.69) is 36.9 Å². The molecular weight excluding hydrogens is 1040 g/mol. The van der Waals surface area contributed by atoms with Gasteiger partial charge in [0.25, 0.3) is 0 Å². The highest BCUT2D eigenvalue weighted by molar-refractivity contribution is 7.13. The molecule has 0 spiro atoms. The zero-order valence-electron chi connectivity index (χ0n) is 45.4. The average molecular weight is 1110 g/mol. The maximum Gasteiger partial charge on any atom is 0.243 e. The van der Waals surface area contributed by atoms with Gasteiger partial charge >= 0.3 is 0 Å². The van der Waals surface area contributed by atoms with Crippen molar-refractivity contribution in [1.29, 1.82) is 5.26 Å². The van der Waals surface area contributed by atoms with Gasteiger partial charge in [-0.2, -0.15) is 5.26 Å². The highest BCUT2D eigenvalue weighted by Crippen LogP contribution is 2.41. The van der Waals surface area contributed by atoms with E-state index in [1.54, 1.807) is 41.5 Å². The summed E-state index contributed by atoms with van der Waals surface area (Å²) < 4.78 is 17.3. The number of nitrogens with zero attached hydrogens (tertiary/aromatic N) is 6. The summed E-state index contributed by atoms with van der Waals surface area (Å²) in [6.45, 7) is 13.7. The van der Waals surface area contributed by atoms with Crippen LogP contribution in [0, 0.1) is 23.7 Å². The van der Waals surface area contributed by atoms with E-state index in [1.165, 1.54) is 13.3 Å². The maximum absolute atomic E-state index is 14.1. The molecule has 3 atom stereocenters. The summed E-state index contributed by atoms with van der Waals surface area (Å²) in [5, 5.41) is 31.7. The number of ether oxygens (including phenoxy) is 3. The zero-order chi connectivity index (χ0) is 55.1. The number of likely N-dealkylation sites (tertiary alicyclic amines) is 1. The molecule has 2 fully saturated rings. The number of piperazine rings is 1. The molecule has 3 amide bonds. The Bertz CT molecular complexity index is 2830. The first kappa shape index (κ1) is 58.9. The number of pyridine rings is 1. The first-order valence-electron chi connectivity index (χ1n) is 26.9. The predicted molar refractivity (Wildman–Crippen MR) is 305 cm³/mol. The molecule has 2 aromatic heterocycles. The summed E-state index contributed by atoms with van der Waals surface area (Å²) in [4.78, 5) is 56.6. The number of anilines is 2. The van der Waals surface area contributed by atoms with Crippen molar-refractivity contribution in [3.63, 3.8) is 0 Å². The molecule has 3 unspecified atom stereocenters. The standard InChI is InChI=1S/C58H75Cl2N9O7S/c1-38-54(77-37-65-38)40-19-17-39(18-20-40)34-64-56(72)48-28-42(70)36-69(48)57(73)55(58(2,3)4)62-21-14-12-10-8-7-9-11-13-16-52(71)68-25-23-67(24-26-68)22-15-27-76-51-31-46-43(29-50(51)75-6)53(41(33-61)35-63-46)66-47-32-49(74-5)45(60)30-44(47)59/h17-20,29-32,35,37,42,48,55,62,70H,7-16,21-28,34,36H2,1-6H3,(H,63,66)(H,64,72). The number of aliphatic hydroxyl groups is 1. The number of methoxy groups -OCH3 is 2. The zero-order valence-corrected chi connectivity index (χ0v) is 47.7. The quantitative estimate of drug-likeness (QED) is 0.0383. The van der Waals surface area contributed by atoms with Crippen LogP contribution in [0.25, 0.3) is 21.3 Å². The van der Waals surface area contributed by atoms with Gasteiger partial charge in [-0.05, 0) is 61.4 Å². The number of carbonyl (C=O) groups is 3. The molecule has 2 saturated heterocycles. The van der Waals surface area contributed by atoms with Crippen molar-refractivity contribution in [3.05, 3.63) is 87.1 Å². The van der Waals surface area contributed by atoms with Gasteiger partial charge in [0.05, 0.1) is 81.6 Å². The van der Waals surface area contributed by atoms with Gasteiger partial charge in [0.2, 0.25) is 17.7 Å². The van der Waals surface area contributed by atoms with E-state index in [4.69, 9.17) is 37.4 Å². The van der Waals surface area contributed by atoms with Crippen LogP contribution in [0.5, 0.6) is 17.2 Å². The van der Waals surface area contributed by atoms with Crippen LogP contribution in [-0.2, 0) is 20.9 Å². The van der Waals surface area contributed by atoms with Crippen molar-refractivity contribution in [2.75, 3.05) is 72.0 Å². The van der Waals surface area contributed by atoms with Gasteiger partial charge in [0.15, 0.2) is 11.5 Å². The molecule has 4 heterocycles. The van der Waals surface area contributed by atoms with Crippen molar-refractivity contribution < 1.29 is 33.7 Å². The van der Waals surface area contributed by atoms with Crippen LogP contribution in [-0.4, -0.2) is 132 Å². The predicted octanol–water partition coefficient (Wildman–Crippen LogP) is 10.3. The SMILES string of the molecule is COc1cc(Nc2c(C#N)cnc3cc(OCCCN4CCN(C(=O)CCCCCCCCCCNC(C(=O)N5CC(O)CC5C(=O)NCc5ccc(-c6scnc6C)cc5)C(C)(C)C)CC4)c(OC)cc23)c(Cl)cc1Cl. The van der Waals surface area contributed by atoms with E-state index < -0.39 is 23.6 Å². The smallest absolute Gasteiger partial charge is 0.243 e. The Morgan fingerprint density at radius 1 is 0.883 bits per heavy atom. The first-order chi connectivity index (χ1) is 37.1. The third kappa shape index (κ3) is 16.0. The lowest BCUT2D eigenvalue weighted by atomic mass is 9.85. The lowest BCUT2D eigenvalue weighted by molar-refractivity contribution is -0.142. The average Bonchev–Trinajstić information content (AvgIpc) is 4.04. The highest BCUT2D eigenvalue weighted by atomic mass is 35.5. The van der Waals surface area contributed by atoms with Crippen molar-refractivity contribution in [3.8, 4) is 33.8 Å². The van der Waals surface area contributed by atoms with E-state index >= 15 is 0 Å². The first-order valence-corrected chi connectivity index (χ1v) is 28.5. The molecule has 414 valence electrons. The number of aliphatic hydroxyl groups excluding tert-OH is 1. The summed E-state index contributed by atoms with van der Waals surface area (Å²) in [7, 11) is 3.09. The third-order valence-corrected chi connectivity index (χ3v) is 16.0. The Hall–Kier alpha value is -5.74. The lowest BCUT2D eigenvalue weighted by Gasteiger charge is -2.35. The van der Waals surface area contributed by atoms with Crippen LogP contribution in [0.4, 0.5) is 11.4 Å². The van der Waals surface area contributed by atoms with Crippen molar-refractivity contribution in [1.82, 2.24) is 35.3 Å². The van der Waals surface area contributed by atoms with E-state index in [1.807, 2.05) is 68.4 Å². The molecule has 0 aliphatic carbocycles. The fourth-order valence-electron chi connectivity index (χ4n) is 10.1. The normalized spacial score (nSPS) is 16.3. The molecular formula is C58H75Cl2N9O7S. The number of nitrogens with one attached hydrogen (secondary N) is 3. The topological polar surface area (TPSA) is 195 Å². The number of rotatable bonds is 26. The van der Waals surface area contributed by atoms with Crippen LogP contribution in [0.1, 0.15) is 108 Å². The third-order valence-electron chi connectivity index (χ3n) is 14.4. The second-order valence-electron chi connectivity index (χ2n) is 21.1. The molecule has 5 aromatic rings. The fraction of sp³-hybridized carbons (Fsp3) is 0.517. The molecule has 7 rings (SSSR count). The van der Waals surface area contributed by atoms with Crippen LogP contribution in [0.2, 0.25) is 10.0 Å². The number of halogens is 2. The van der Waals surface area contributed by atoms with Gasteiger partial charge in [-0.3, -0.25) is 24.3 Å². The molecule has 0 radical (unpaired) electrons. The summed E-state index contributed by atoms with van der Waals surface area (Å²) in [6.07, 6.45) is 10.8. The largest absolute Gasteiger partial charge is 0.495 e. The number of nitriles is 1. The summed E-state index contributed by atoms with van der Waals surface area (Å²) in [6, 6.07) is 15.9. The number of thiazole rings is 1.